The van der Waals surface area contributed by atoms with Crippen molar-refractivity contribution in [2.45, 2.75) is 36.0 Å². The van der Waals surface area contributed by atoms with Crippen LogP contribution in [0.1, 0.15) is 24.8 Å². The van der Waals surface area contributed by atoms with Gasteiger partial charge in [0.15, 0.2) is 0 Å². The van der Waals surface area contributed by atoms with Crippen LogP contribution < -0.4 is 10.2 Å². The number of hydrogen-bond acceptors (Lipinski definition) is 5. The second-order valence-electron chi connectivity index (χ2n) is 7.64. The molecule has 0 atom stereocenters. The van der Waals surface area contributed by atoms with E-state index in [-0.39, 0.29) is 16.6 Å². The molecule has 1 fully saturated rings. The number of carbonyl (C=O) groups is 1. The number of carbonyl (C=O) groups excluding carboxylic acids is 1. The number of thioether (sulfide) groups is 1. The molecule has 8 heteroatoms. The molecule has 0 aromatic heterocycles. The first-order valence-electron chi connectivity index (χ1n) is 10.1. The fourth-order valence-corrected chi connectivity index (χ4v) is 5.84. The predicted molar refractivity (Wildman–Crippen MR) is 124 cm³/mol. The Labute approximate surface area is 183 Å². The zero-order chi connectivity index (χ0) is 21.7. The lowest BCUT2D eigenvalue weighted by atomic mass is 10.2. The first-order chi connectivity index (χ1) is 14.3. The largest absolute Gasteiger partial charge is 0.376 e. The van der Waals surface area contributed by atoms with E-state index in [0.29, 0.717) is 18.8 Å². The molecule has 30 heavy (non-hydrogen) atoms. The monoisotopic (exact) mass is 447 g/mol. The summed E-state index contributed by atoms with van der Waals surface area (Å²) in [5, 5.41) is 2.91. The Morgan fingerprint density at radius 3 is 2.47 bits per heavy atom. The third kappa shape index (κ3) is 5.36. The van der Waals surface area contributed by atoms with Crippen molar-refractivity contribution in [1.29, 1.82) is 0 Å². The molecule has 2 aromatic rings. The van der Waals surface area contributed by atoms with E-state index in [4.69, 9.17) is 0 Å². The maximum absolute atomic E-state index is 13.1. The Kier molecular flexibility index (Phi) is 7.44. The Balaban J connectivity index is 1.79. The minimum Gasteiger partial charge on any atom is -0.376 e. The molecule has 0 saturated carbocycles. The smallest absolute Gasteiger partial charge is 0.243 e. The van der Waals surface area contributed by atoms with Gasteiger partial charge in [-0.1, -0.05) is 24.6 Å². The van der Waals surface area contributed by atoms with Crippen LogP contribution in [0.2, 0.25) is 0 Å². The topological polar surface area (TPSA) is 69.7 Å². The summed E-state index contributed by atoms with van der Waals surface area (Å²) >= 11 is 1.47. The van der Waals surface area contributed by atoms with Crippen molar-refractivity contribution in [3.63, 3.8) is 0 Å². The molecule has 0 aliphatic carbocycles. The predicted octanol–water partition coefficient (Wildman–Crippen LogP) is 3.97. The zero-order valence-electron chi connectivity index (χ0n) is 17.7. The number of anilines is 2. The molecule has 0 unspecified atom stereocenters. The molecular weight excluding hydrogens is 418 g/mol. The van der Waals surface area contributed by atoms with E-state index in [9.17, 15) is 13.2 Å². The summed E-state index contributed by atoms with van der Waals surface area (Å²) in [6.45, 7) is 3.11. The van der Waals surface area contributed by atoms with Gasteiger partial charge in [-0.3, -0.25) is 4.79 Å². The van der Waals surface area contributed by atoms with Gasteiger partial charge in [0.2, 0.25) is 15.9 Å². The van der Waals surface area contributed by atoms with Gasteiger partial charge < -0.3 is 10.2 Å². The summed E-state index contributed by atoms with van der Waals surface area (Å²) in [6, 6.07) is 12.9. The van der Waals surface area contributed by atoms with Gasteiger partial charge in [0, 0.05) is 32.1 Å². The first kappa shape index (κ1) is 22.7. The number of nitrogens with one attached hydrogen (secondary N) is 1. The van der Waals surface area contributed by atoms with E-state index in [0.717, 1.165) is 35.4 Å². The lowest BCUT2D eigenvalue weighted by Gasteiger charge is -2.26. The third-order valence-corrected chi connectivity index (χ3v) is 8.20. The summed E-state index contributed by atoms with van der Waals surface area (Å²) in [6.07, 6.45) is 2.83. The maximum Gasteiger partial charge on any atom is 0.243 e. The van der Waals surface area contributed by atoms with Crippen molar-refractivity contribution in [3.8, 4) is 0 Å². The second-order valence-corrected chi connectivity index (χ2v) is 10.6. The molecule has 0 spiro atoms. The summed E-state index contributed by atoms with van der Waals surface area (Å²) < 4.78 is 27.6. The molecule has 0 bridgehead atoms. The second kappa shape index (κ2) is 9.85. The fraction of sp³-hybridized carbons (Fsp3) is 0.409. The molecule has 1 aliphatic heterocycles. The average molecular weight is 448 g/mol. The van der Waals surface area contributed by atoms with Gasteiger partial charge in [-0.25, -0.2) is 8.42 Å². The number of nitrogens with zero attached hydrogens (tertiary/aromatic N) is 2. The van der Waals surface area contributed by atoms with Gasteiger partial charge >= 0.3 is 0 Å². The molecule has 1 aliphatic rings. The molecule has 6 nitrogen and oxygen atoms in total. The number of hydrogen-bond donors (Lipinski definition) is 1. The molecule has 162 valence electrons. The van der Waals surface area contributed by atoms with E-state index in [1.807, 2.05) is 50.2 Å². The molecule has 1 N–H and O–H groups in total. The van der Waals surface area contributed by atoms with Gasteiger partial charge in [0.1, 0.15) is 0 Å². The van der Waals surface area contributed by atoms with Crippen molar-refractivity contribution in [2.24, 2.45) is 0 Å². The van der Waals surface area contributed by atoms with Crippen LogP contribution in [-0.4, -0.2) is 51.6 Å². The Hall–Kier alpha value is -2.03. The third-order valence-electron chi connectivity index (χ3n) is 5.13. The zero-order valence-corrected chi connectivity index (χ0v) is 19.4. The highest BCUT2D eigenvalue weighted by Gasteiger charge is 2.27. The van der Waals surface area contributed by atoms with E-state index >= 15 is 0 Å². The van der Waals surface area contributed by atoms with Crippen LogP contribution in [0.3, 0.4) is 0 Å². The first-order valence-corrected chi connectivity index (χ1v) is 12.5. The number of piperidine rings is 1. The van der Waals surface area contributed by atoms with E-state index in [2.05, 4.69) is 5.32 Å². The van der Waals surface area contributed by atoms with E-state index in [1.54, 1.807) is 22.5 Å². The number of aryl methyl sites for hydroxylation is 1. The highest BCUT2D eigenvalue weighted by Crippen LogP contribution is 2.30. The lowest BCUT2D eigenvalue weighted by Crippen LogP contribution is -2.35. The molecule has 3 rings (SSSR count). The number of sulfonamides is 1. The van der Waals surface area contributed by atoms with Crippen molar-refractivity contribution in [2.75, 3.05) is 43.2 Å². The number of benzene rings is 2. The summed E-state index contributed by atoms with van der Waals surface area (Å²) in [7, 11) is 0.169. The highest BCUT2D eigenvalue weighted by atomic mass is 32.2. The van der Waals surface area contributed by atoms with Crippen LogP contribution >= 0.6 is 11.8 Å². The van der Waals surface area contributed by atoms with Gasteiger partial charge in [0.25, 0.3) is 0 Å². The average Bonchev–Trinajstić information content (AvgIpc) is 2.73. The summed E-state index contributed by atoms with van der Waals surface area (Å²) in [5.74, 6) is 0.0831. The van der Waals surface area contributed by atoms with Crippen LogP contribution in [0.25, 0.3) is 0 Å². The number of amides is 1. The normalized spacial score (nSPS) is 15.0. The molecule has 2 aromatic carbocycles. The van der Waals surface area contributed by atoms with Crippen molar-refractivity contribution in [1.82, 2.24) is 4.31 Å². The van der Waals surface area contributed by atoms with Crippen LogP contribution in [0, 0.1) is 6.92 Å². The standard InChI is InChI=1S/C22H29N3O3S2/c1-17-9-5-6-10-21(17)29-16-22(26)23-19-15-18(11-12-20(19)24(2)3)30(27,28)25-13-7-4-8-14-25/h5-6,9-12,15H,4,7-8,13-14,16H2,1-3H3,(H,23,26). The fourth-order valence-electron chi connectivity index (χ4n) is 3.47. The Morgan fingerprint density at radius 2 is 1.80 bits per heavy atom. The van der Waals surface area contributed by atoms with Gasteiger partial charge in [-0.05, 0) is 49.6 Å². The van der Waals surface area contributed by atoms with Crippen molar-refractivity contribution < 1.29 is 13.2 Å². The SMILES string of the molecule is Cc1ccccc1SCC(=O)Nc1cc(S(=O)(=O)N2CCCCC2)ccc1N(C)C. The lowest BCUT2D eigenvalue weighted by molar-refractivity contribution is -0.113. The van der Waals surface area contributed by atoms with E-state index in [1.165, 1.54) is 11.8 Å². The maximum atomic E-state index is 13.1. The minimum atomic E-state index is -3.57. The van der Waals surface area contributed by atoms with Crippen molar-refractivity contribution in [3.05, 3.63) is 48.0 Å². The summed E-state index contributed by atoms with van der Waals surface area (Å²) in [4.78, 5) is 15.8. The molecule has 1 saturated heterocycles. The Bertz CT molecular complexity index is 1000. The molecular formula is C22H29N3O3S2. The van der Waals surface area contributed by atoms with Gasteiger partial charge in [-0.2, -0.15) is 4.31 Å². The highest BCUT2D eigenvalue weighted by molar-refractivity contribution is 8.00. The van der Waals surface area contributed by atoms with Gasteiger partial charge in [0.05, 0.1) is 22.0 Å². The van der Waals surface area contributed by atoms with Crippen LogP contribution in [0.15, 0.2) is 52.3 Å². The molecule has 0 radical (unpaired) electrons. The van der Waals surface area contributed by atoms with E-state index < -0.39 is 10.0 Å². The van der Waals surface area contributed by atoms with Crippen LogP contribution in [0.5, 0.6) is 0 Å². The number of rotatable bonds is 7. The van der Waals surface area contributed by atoms with Crippen LogP contribution in [-0.2, 0) is 14.8 Å². The Morgan fingerprint density at radius 1 is 1.10 bits per heavy atom. The van der Waals surface area contributed by atoms with Gasteiger partial charge in [-0.15, -0.1) is 11.8 Å². The summed E-state index contributed by atoms with van der Waals surface area (Å²) in [5.41, 5.74) is 2.40. The molecule has 1 heterocycles. The van der Waals surface area contributed by atoms with Crippen molar-refractivity contribution >= 4 is 39.1 Å². The molecule has 1 amide bonds. The minimum absolute atomic E-state index is 0.168. The van der Waals surface area contributed by atoms with Crippen LogP contribution in [0.4, 0.5) is 11.4 Å². The quantitative estimate of drug-likeness (QED) is 0.651.